The van der Waals surface area contributed by atoms with Crippen LogP contribution in [-0.4, -0.2) is 30.4 Å². The summed E-state index contributed by atoms with van der Waals surface area (Å²) in [7, 11) is 0. The molecule has 0 saturated carbocycles. The summed E-state index contributed by atoms with van der Waals surface area (Å²) < 4.78 is 0. The van der Waals surface area contributed by atoms with Gasteiger partial charge in [-0.3, -0.25) is 4.79 Å². The number of nitrogens with zero attached hydrogens (tertiary/aromatic N) is 3. The van der Waals surface area contributed by atoms with Crippen LogP contribution in [0.25, 0.3) is 0 Å². The summed E-state index contributed by atoms with van der Waals surface area (Å²) >= 11 is 11.9. The molecular formula is C14H14Cl2N4O. The van der Waals surface area contributed by atoms with Gasteiger partial charge in [-0.15, -0.1) is 0 Å². The lowest BCUT2D eigenvalue weighted by Gasteiger charge is -2.21. The van der Waals surface area contributed by atoms with Crippen molar-refractivity contribution in [1.82, 2.24) is 4.90 Å². The van der Waals surface area contributed by atoms with Gasteiger partial charge < -0.3 is 10.2 Å². The first-order valence-electron chi connectivity index (χ1n) is 6.29. The van der Waals surface area contributed by atoms with E-state index in [1.807, 2.05) is 12.1 Å². The van der Waals surface area contributed by atoms with E-state index in [1.54, 1.807) is 18.2 Å². The molecule has 110 valence electrons. The van der Waals surface area contributed by atoms with Gasteiger partial charge >= 0.3 is 0 Å². The third-order valence-electron chi connectivity index (χ3n) is 2.72. The van der Waals surface area contributed by atoms with Gasteiger partial charge in [0.15, 0.2) is 0 Å². The maximum atomic E-state index is 12.1. The predicted octanol–water partition coefficient (Wildman–Crippen LogP) is 3.06. The van der Waals surface area contributed by atoms with Gasteiger partial charge in [0.1, 0.15) is 0 Å². The molecule has 0 aromatic heterocycles. The number of carbonyl (C=O) groups is 1. The third kappa shape index (κ3) is 5.51. The largest absolute Gasteiger partial charge is 0.375 e. The van der Waals surface area contributed by atoms with Crippen molar-refractivity contribution in [1.29, 1.82) is 10.5 Å². The highest BCUT2D eigenvalue weighted by atomic mass is 35.5. The van der Waals surface area contributed by atoms with Crippen molar-refractivity contribution in [2.75, 3.05) is 25.0 Å². The predicted molar refractivity (Wildman–Crippen MR) is 82.0 cm³/mol. The summed E-state index contributed by atoms with van der Waals surface area (Å²) in [6.45, 7) is 0.640. The Bertz CT molecular complexity index is 559. The van der Waals surface area contributed by atoms with E-state index in [0.717, 1.165) is 0 Å². The van der Waals surface area contributed by atoms with E-state index in [2.05, 4.69) is 5.32 Å². The molecule has 1 rings (SSSR count). The van der Waals surface area contributed by atoms with Crippen LogP contribution >= 0.6 is 23.2 Å². The summed E-state index contributed by atoms with van der Waals surface area (Å²) in [5.74, 6) is -0.198. The van der Waals surface area contributed by atoms with E-state index in [0.29, 0.717) is 28.8 Å². The average molecular weight is 325 g/mol. The molecule has 0 atom stereocenters. The van der Waals surface area contributed by atoms with Crippen molar-refractivity contribution in [2.24, 2.45) is 0 Å². The molecule has 0 aliphatic carbocycles. The first-order chi connectivity index (χ1) is 10.1. The van der Waals surface area contributed by atoms with Crippen LogP contribution in [0.4, 0.5) is 5.69 Å². The average Bonchev–Trinajstić information content (AvgIpc) is 2.48. The quantitative estimate of drug-likeness (QED) is 0.835. The number of benzene rings is 1. The van der Waals surface area contributed by atoms with Crippen LogP contribution in [0.15, 0.2) is 18.2 Å². The number of carbonyl (C=O) groups excluding carboxylic acids is 1. The highest BCUT2D eigenvalue weighted by Crippen LogP contribution is 2.29. The van der Waals surface area contributed by atoms with Crippen LogP contribution in [0.1, 0.15) is 12.8 Å². The lowest BCUT2D eigenvalue weighted by Crippen LogP contribution is -2.37. The Kier molecular flexibility index (Phi) is 7.39. The van der Waals surface area contributed by atoms with Crippen LogP contribution in [0.5, 0.6) is 0 Å². The molecule has 0 saturated heterocycles. The normalized spacial score (nSPS) is 9.52. The van der Waals surface area contributed by atoms with Gasteiger partial charge in [-0.25, -0.2) is 0 Å². The van der Waals surface area contributed by atoms with Gasteiger partial charge in [0.05, 0.1) is 47.3 Å². The Morgan fingerprint density at radius 2 is 1.81 bits per heavy atom. The molecule has 21 heavy (non-hydrogen) atoms. The molecule has 0 unspecified atom stereocenters. The van der Waals surface area contributed by atoms with E-state index in [9.17, 15) is 4.79 Å². The summed E-state index contributed by atoms with van der Waals surface area (Å²) in [6, 6.07) is 9.07. The molecule has 7 heteroatoms. The number of rotatable bonds is 7. The number of nitrogens with one attached hydrogen (secondary N) is 1. The Morgan fingerprint density at radius 1 is 1.19 bits per heavy atom. The number of hydrogen-bond acceptors (Lipinski definition) is 4. The van der Waals surface area contributed by atoms with Crippen molar-refractivity contribution >= 4 is 34.8 Å². The lowest BCUT2D eigenvalue weighted by molar-refractivity contribution is -0.129. The fourth-order valence-electron chi connectivity index (χ4n) is 1.65. The summed E-state index contributed by atoms with van der Waals surface area (Å²) in [5.41, 5.74) is 0.568. The van der Waals surface area contributed by atoms with Crippen molar-refractivity contribution < 1.29 is 4.79 Å². The molecular weight excluding hydrogens is 311 g/mol. The second-order valence-corrected chi connectivity index (χ2v) is 4.94. The standard InChI is InChI=1S/C14H14Cl2N4O/c15-11-4-1-5-12(14(11)16)19-10-13(21)20(8-2-6-17)9-3-7-18/h1,4-5,19H,2-3,8-10H2. The molecule has 1 aromatic carbocycles. The smallest absolute Gasteiger partial charge is 0.241 e. The monoisotopic (exact) mass is 324 g/mol. The number of anilines is 1. The Labute approximate surface area is 133 Å². The fraction of sp³-hybridized carbons (Fsp3) is 0.357. The minimum Gasteiger partial charge on any atom is -0.375 e. The van der Waals surface area contributed by atoms with E-state index in [1.165, 1.54) is 4.90 Å². The Morgan fingerprint density at radius 3 is 2.38 bits per heavy atom. The summed E-state index contributed by atoms with van der Waals surface area (Å²) in [6.07, 6.45) is 0.462. The van der Waals surface area contributed by atoms with Crippen molar-refractivity contribution in [3.63, 3.8) is 0 Å². The SMILES string of the molecule is N#CCCN(CCC#N)C(=O)CNc1cccc(Cl)c1Cl. The minimum atomic E-state index is -0.198. The molecule has 1 amide bonds. The number of amides is 1. The molecule has 0 aliphatic heterocycles. The van der Waals surface area contributed by atoms with Gasteiger partial charge in [0.2, 0.25) is 5.91 Å². The molecule has 1 N–H and O–H groups in total. The van der Waals surface area contributed by atoms with E-state index >= 15 is 0 Å². The van der Waals surface area contributed by atoms with Crippen LogP contribution in [0.3, 0.4) is 0 Å². The Balaban J connectivity index is 2.62. The van der Waals surface area contributed by atoms with Gasteiger partial charge in [-0.05, 0) is 12.1 Å². The van der Waals surface area contributed by atoms with E-state index in [-0.39, 0.29) is 25.3 Å². The highest BCUT2D eigenvalue weighted by Gasteiger charge is 2.13. The van der Waals surface area contributed by atoms with Crippen LogP contribution < -0.4 is 5.32 Å². The molecule has 5 nitrogen and oxygen atoms in total. The van der Waals surface area contributed by atoms with E-state index < -0.39 is 0 Å². The van der Waals surface area contributed by atoms with Crippen LogP contribution in [0, 0.1) is 22.7 Å². The summed E-state index contributed by atoms with van der Waals surface area (Å²) in [4.78, 5) is 13.6. The van der Waals surface area contributed by atoms with Gasteiger partial charge in [0, 0.05) is 13.1 Å². The van der Waals surface area contributed by atoms with Gasteiger partial charge in [-0.2, -0.15) is 10.5 Å². The minimum absolute atomic E-state index is 0.0247. The molecule has 1 aromatic rings. The van der Waals surface area contributed by atoms with Gasteiger partial charge in [0.25, 0.3) is 0 Å². The topological polar surface area (TPSA) is 79.9 Å². The van der Waals surface area contributed by atoms with Crippen molar-refractivity contribution in [3.05, 3.63) is 28.2 Å². The fourth-order valence-corrected chi connectivity index (χ4v) is 2.02. The molecule has 0 heterocycles. The molecule has 0 radical (unpaired) electrons. The number of hydrogen-bond donors (Lipinski definition) is 1. The highest BCUT2D eigenvalue weighted by molar-refractivity contribution is 6.43. The molecule has 0 aliphatic rings. The molecule has 0 bridgehead atoms. The van der Waals surface area contributed by atoms with Crippen LogP contribution in [0.2, 0.25) is 10.0 Å². The third-order valence-corrected chi connectivity index (χ3v) is 3.54. The summed E-state index contributed by atoms with van der Waals surface area (Å²) in [5, 5.41) is 20.9. The first kappa shape index (κ1) is 17.1. The van der Waals surface area contributed by atoms with Crippen LogP contribution in [-0.2, 0) is 4.79 Å². The first-order valence-corrected chi connectivity index (χ1v) is 7.05. The lowest BCUT2D eigenvalue weighted by atomic mass is 10.3. The van der Waals surface area contributed by atoms with E-state index in [4.69, 9.17) is 33.7 Å². The zero-order valence-electron chi connectivity index (χ0n) is 11.3. The zero-order chi connectivity index (χ0) is 15.7. The maximum absolute atomic E-state index is 12.1. The number of nitriles is 2. The zero-order valence-corrected chi connectivity index (χ0v) is 12.8. The van der Waals surface area contributed by atoms with Crippen molar-refractivity contribution in [3.8, 4) is 12.1 Å². The van der Waals surface area contributed by atoms with Gasteiger partial charge in [-0.1, -0.05) is 29.3 Å². The number of halogens is 2. The molecule has 0 fully saturated rings. The molecule has 0 spiro atoms. The van der Waals surface area contributed by atoms with Crippen molar-refractivity contribution in [2.45, 2.75) is 12.8 Å². The second-order valence-electron chi connectivity index (χ2n) is 4.15. The second kappa shape index (κ2) is 9.07. The Hall–Kier alpha value is -1.95. The maximum Gasteiger partial charge on any atom is 0.241 e.